The molecule has 0 aliphatic carbocycles. The summed E-state index contributed by atoms with van der Waals surface area (Å²) in [5, 5.41) is 15.5. The lowest BCUT2D eigenvalue weighted by Crippen LogP contribution is -1.85. The van der Waals surface area contributed by atoms with Crippen LogP contribution in [0.4, 0.5) is 0 Å². The monoisotopic (exact) mass is 234 g/mol. The van der Waals surface area contributed by atoms with Crippen LogP contribution in [0.3, 0.4) is 0 Å². The molecular weight excluding hydrogens is 212 g/mol. The van der Waals surface area contributed by atoms with Crippen LogP contribution in [0, 0.1) is 0 Å². The quantitative estimate of drug-likeness (QED) is 0.737. The molecule has 0 bridgehead atoms. The van der Waals surface area contributed by atoms with E-state index in [4.69, 9.17) is 5.11 Å². The fourth-order valence-corrected chi connectivity index (χ4v) is 1.64. The van der Waals surface area contributed by atoms with E-state index in [0.717, 1.165) is 31.4 Å². The predicted octanol–water partition coefficient (Wildman–Crippen LogP) is 3.74. The van der Waals surface area contributed by atoms with Gasteiger partial charge in [-0.25, -0.2) is 0 Å². The van der Waals surface area contributed by atoms with Crippen LogP contribution in [0.15, 0.2) is 29.4 Å². The maximum Gasteiger partial charge on any atom is 0.230 e. The first-order valence-electron chi connectivity index (χ1n) is 6.10. The molecular formula is C14H22N2O. The van der Waals surface area contributed by atoms with Crippen LogP contribution in [0.25, 0.3) is 0 Å². The largest absolute Gasteiger partial charge is 0.492 e. The summed E-state index contributed by atoms with van der Waals surface area (Å²) in [6, 6.07) is 1.67. The summed E-state index contributed by atoms with van der Waals surface area (Å²) in [7, 11) is 0. The number of aromatic nitrogens is 2. The van der Waals surface area contributed by atoms with E-state index in [1.54, 1.807) is 6.07 Å². The van der Waals surface area contributed by atoms with Crippen molar-refractivity contribution < 1.29 is 5.11 Å². The van der Waals surface area contributed by atoms with Gasteiger partial charge in [0.2, 0.25) is 5.88 Å². The topological polar surface area (TPSA) is 48.9 Å². The van der Waals surface area contributed by atoms with Gasteiger partial charge in [-0.2, -0.15) is 0 Å². The third kappa shape index (κ3) is 5.95. The zero-order valence-corrected chi connectivity index (χ0v) is 11.0. The fourth-order valence-electron chi connectivity index (χ4n) is 1.64. The van der Waals surface area contributed by atoms with E-state index in [2.05, 4.69) is 43.1 Å². The normalized spacial score (nSPS) is 11.6. The van der Waals surface area contributed by atoms with E-state index in [1.165, 1.54) is 11.1 Å². The number of aromatic hydroxyl groups is 1. The van der Waals surface area contributed by atoms with Crippen molar-refractivity contribution >= 4 is 0 Å². The minimum Gasteiger partial charge on any atom is -0.492 e. The molecule has 2 N–H and O–H groups in total. The van der Waals surface area contributed by atoms with E-state index in [0.29, 0.717) is 0 Å². The number of hydrogen-bond donors (Lipinski definition) is 2. The number of allylic oxidation sites excluding steroid dienone is 4. The molecule has 0 atom stereocenters. The van der Waals surface area contributed by atoms with Crippen molar-refractivity contribution in [3.63, 3.8) is 0 Å². The van der Waals surface area contributed by atoms with Gasteiger partial charge >= 0.3 is 0 Å². The molecule has 1 aromatic rings. The van der Waals surface area contributed by atoms with E-state index in [9.17, 15) is 0 Å². The molecule has 1 rings (SSSR count). The molecule has 0 aliphatic heterocycles. The highest BCUT2D eigenvalue weighted by Gasteiger charge is 1.97. The summed E-state index contributed by atoms with van der Waals surface area (Å²) in [5.41, 5.74) is 3.79. The zero-order chi connectivity index (χ0) is 12.7. The molecule has 0 radical (unpaired) electrons. The van der Waals surface area contributed by atoms with Crippen LogP contribution in [0.5, 0.6) is 5.88 Å². The highest BCUT2D eigenvalue weighted by Crippen LogP contribution is 2.11. The summed E-state index contributed by atoms with van der Waals surface area (Å²) < 4.78 is 0. The van der Waals surface area contributed by atoms with Crippen molar-refractivity contribution in [3.8, 4) is 5.88 Å². The molecule has 0 aromatic carbocycles. The maximum atomic E-state index is 9.07. The SMILES string of the molecule is CC(C)=CCCC(C)=CCCc1cc(O)n[nH]1. The molecule has 17 heavy (non-hydrogen) atoms. The molecule has 0 aliphatic rings. The van der Waals surface area contributed by atoms with Crippen molar-refractivity contribution in [1.82, 2.24) is 10.2 Å². The summed E-state index contributed by atoms with van der Waals surface area (Å²) in [5.74, 6) is 0.0734. The van der Waals surface area contributed by atoms with Crippen LogP contribution in [0.2, 0.25) is 0 Å². The van der Waals surface area contributed by atoms with E-state index in [1.807, 2.05) is 0 Å². The minimum absolute atomic E-state index is 0.0734. The number of nitrogens with one attached hydrogen (secondary N) is 1. The van der Waals surface area contributed by atoms with Gasteiger partial charge in [0, 0.05) is 11.8 Å². The van der Waals surface area contributed by atoms with Crippen LogP contribution in [-0.4, -0.2) is 15.3 Å². The predicted molar refractivity (Wildman–Crippen MR) is 71.0 cm³/mol. The van der Waals surface area contributed by atoms with Crippen molar-refractivity contribution in [3.05, 3.63) is 35.1 Å². The second-order valence-electron chi connectivity index (χ2n) is 4.66. The van der Waals surface area contributed by atoms with Crippen molar-refractivity contribution in [2.24, 2.45) is 0 Å². The molecule has 0 spiro atoms. The van der Waals surface area contributed by atoms with E-state index in [-0.39, 0.29) is 5.88 Å². The van der Waals surface area contributed by atoms with Gasteiger partial charge in [-0.15, -0.1) is 5.10 Å². The average Bonchev–Trinajstić information content (AvgIpc) is 2.63. The first-order valence-corrected chi connectivity index (χ1v) is 6.10. The van der Waals surface area contributed by atoms with Crippen LogP contribution in [0.1, 0.15) is 45.7 Å². The summed E-state index contributed by atoms with van der Waals surface area (Å²) in [4.78, 5) is 0. The minimum atomic E-state index is 0.0734. The number of aromatic amines is 1. The number of rotatable bonds is 6. The van der Waals surface area contributed by atoms with Gasteiger partial charge in [0.1, 0.15) is 0 Å². The van der Waals surface area contributed by atoms with Crippen molar-refractivity contribution in [2.75, 3.05) is 0 Å². The lowest BCUT2D eigenvalue weighted by Gasteiger charge is -1.99. The third-order valence-corrected chi connectivity index (χ3v) is 2.62. The second kappa shape index (κ2) is 6.94. The summed E-state index contributed by atoms with van der Waals surface area (Å²) in [6.45, 7) is 6.43. The molecule has 1 heterocycles. The molecule has 0 unspecified atom stereocenters. The Morgan fingerprint density at radius 1 is 1.29 bits per heavy atom. The lowest BCUT2D eigenvalue weighted by molar-refractivity contribution is 0.452. The summed E-state index contributed by atoms with van der Waals surface area (Å²) >= 11 is 0. The van der Waals surface area contributed by atoms with E-state index >= 15 is 0 Å². The maximum absolute atomic E-state index is 9.07. The first kappa shape index (κ1) is 13.6. The number of nitrogens with zero attached hydrogens (tertiary/aromatic N) is 1. The standard InChI is InChI=1S/C14H22N2O/c1-11(2)6-4-7-12(3)8-5-9-13-10-14(17)16-15-13/h6,8,10H,4-5,7,9H2,1-3H3,(H2,15,16,17). The van der Waals surface area contributed by atoms with Gasteiger partial charge < -0.3 is 5.11 Å². The number of hydrogen-bond acceptors (Lipinski definition) is 2. The Hall–Kier alpha value is -1.51. The van der Waals surface area contributed by atoms with Gasteiger partial charge in [-0.1, -0.05) is 23.3 Å². The summed E-state index contributed by atoms with van der Waals surface area (Å²) in [6.07, 6.45) is 8.66. The van der Waals surface area contributed by atoms with Crippen LogP contribution in [-0.2, 0) is 6.42 Å². The Morgan fingerprint density at radius 2 is 2.06 bits per heavy atom. The second-order valence-corrected chi connectivity index (χ2v) is 4.66. The van der Waals surface area contributed by atoms with Gasteiger partial charge in [0.05, 0.1) is 0 Å². The molecule has 94 valence electrons. The molecule has 0 amide bonds. The molecule has 1 aromatic heterocycles. The lowest BCUT2D eigenvalue weighted by atomic mass is 10.1. The van der Waals surface area contributed by atoms with E-state index < -0.39 is 0 Å². The number of aryl methyl sites for hydroxylation is 1. The van der Waals surface area contributed by atoms with Gasteiger partial charge in [0.15, 0.2) is 0 Å². The highest BCUT2D eigenvalue weighted by atomic mass is 16.3. The Kier molecular flexibility index (Phi) is 5.53. The third-order valence-electron chi connectivity index (χ3n) is 2.62. The molecule has 0 fully saturated rings. The van der Waals surface area contributed by atoms with Crippen LogP contribution >= 0.6 is 0 Å². The highest BCUT2D eigenvalue weighted by molar-refractivity contribution is 5.13. The first-order chi connectivity index (χ1) is 8.08. The Bertz CT molecular complexity index is 398. The van der Waals surface area contributed by atoms with Gasteiger partial charge in [-0.05, 0) is 46.5 Å². The Labute approximate surface area is 103 Å². The average molecular weight is 234 g/mol. The molecule has 3 nitrogen and oxygen atoms in total. The molecule has 0 saturated carbocycles. The van der Waals surface area contributed by atoms with Gasteiger partial charge in [0.25, 0.3) is 0 Å². The van der Waals surface area contributed by atoms with Crippen LogP contribution < -0.4 is 0 Å². The number of H-pyrrole nitrogens is 1. The van der Waals surface area contributed by atoms with Crippen molar-refractivity contribution in [2.45, 2.75) is 46.5 Å². The fraction of sp³-hybridized carbons (Fsp3) is 0.500. The van der Waals surface area contributed by atoms with Crippen molar-refractivity contribution in [1.29, 1.82) is 0 Å². The molecule has 0 saturated heterocycles. The Balaban J connectivity index is 2.26. The zero-order valence-electron chi connectivity index (χ0n) is 11.0. The van der Waals surface area contributed by atoms with Gasteiger partial charge in [-0.3, -0.25) is 5.10 Å². The molecule has 3 heteroatoms. The smallest absolute Gasteiger partial charge is 0.230 e. The Morgan fingerprint density at radius 3 is 2.65 bits per heavy atom.